The first-order chi connectivity index (χ1) is 13.1. The molecule has 144 valence electrons. The summed E-state index contributed by atoms with van der Waals surface area (Å²) in [5.74, 6) is 1.91. The second kappa shape index (κ2) is 7.92. The van der Waals surface area contributed by atoms with Gasteiger partial charge in [0.05, 0.1) is 12.2 Å². The highest BCUT2D eigenvalue weighted by atomic mass is 32.1. The Morgan fingerprint density at radius 1 is 1.00 bits per heavy atom. The van der Waals surface area contributed by atoms with Crippen molar-refractivity contribution in [3.63, 3.8) is 0 Å². The van der Waals surface area contributed by atoms with Crippen molar-refractivity contribution < 1.29 is 9.05 Å². The normalized spacial score (nSPS) is 16.7. The van der Waals surface area contributed by atoms with Crippen LogP contribution in [0.5, 0.6) is 0 Å². The number of rotatable bonds is 5. The van der Waals surface area contributed by atoms with Crippen LogP contribution in [0.3, 0.4) is 0 Å². The second-order valence-corrected chi connectivity index (χ2v) is 8.15. The predicted molar refractivity (Wildman–Crippen MR) is 103 cm³/mol. The molecule has 0 atom stereocenters. The average Bonchev–Trinajstić information content (AvgIpc) is 3.29. The molecule has 3 aromatic heterocycles. The molecule has 0 amide bonds. The maximum atomic E-state index is 5.45. The SMILES string of the molecule is Cc1ccsc1CN1CCCN(Cc2noc(-c3c(C)noc3C)n2)CC1. The summed E-state index contributed by atoms with van der Waals surface area (Å²) in [7, 11) is 0. The number of thiophene rings is 1. The molecule has 4 heterocycles. The molecule has 1 fully saturated rings. The maximum Gasteiger partial charge on any atom is 0.263 e. The third-order valence-corrected chi connectivity index (χ3v) is 6.10. The maximum absolute atomic E-state index is 5.45. The number of hydrogen-bond donors (Lipinski definition) is 0. The largest absolute Gasteiger partial charge is 0.361 e. The quantitative estimate of drug-likeness (QED) is 0.664. The van der Waals surface area contributed by atoms with Gasteiger partial charge >= 0.3 is 0 Å². The van der Waals surface area contributed by atoms with Crippen LogP contribution in [0.4, 0.5) is 0 Å². The van der Waals surface area contributed by atoms with Crippen molar-refractivity contribution in [3.05, 3.63) is 39.2 Å². The summed E-state index contributed by atoms with van der Waals surface area (Å²) < 4.78 is 10.6. The molecular weight excluding hydrogens is 362 g/mol. The number of aromatic nitrogens is 3. The van der Waals surface area contributed by atoms with E-state index in [1.165, 1.54) is 10.4 Å². The molecule has 1 aliphatic rings. The highest BCUT2D eigenvalue weighted by Gasteiger charge is 2.21. The van der Waals surface area contributed by atoms with Crippen LogP contribution in [0.15, 0.2) is 20.5 Å². The molecule has 8 heteroatoms. The molecule has 1 aliphatic heterocycles. The van der Waals surface area contributed by atoms with Crippen LogP contribution >= 0.6 is 11.3 Å². The first-order valence-corrected chi connectivity index (χ1v) is 10.2. The van der Waals surface area contributed by atoms with Crippen molar-refractivity contribution in [2.75, 3.05) is 26.2 Å². The molecule has 0 saturated carbocycles. The van der Waals surface area contributed by atoms with Gasteiger partial charge in [0, 0.05) is 24.5 Å². The third-order valence-electron chi connectivity index (χ3n) is 5.10. The monoisotopic (exact) mass is 387 g/mol. The minimum absolute atomic E-state index is 0.492. The molecule has 0 aromatic carbocycles. The molecule has 0 N–H and O–H groups in total. The Kier molecular flexibility index (Phi) is 5.38. The van der Waals surface area contributed by atoms with E-state index >= 15 is 0 Å². The van der Waals surface area contributed by atoms with Crippen molar-refractivity contribution in [2.45, 2.75) is 40.3 Å². The van der Waals surface area contributed by atoms with Gasteiger partial charge in [0.25, 0.3) is 5.89 Å². The fraction of sp³-hybridized carbons (Fsp3) is 0.526. The highest BCUT2D eigenvalue weighted by Crippen LogP contribution is 2.25. The lowest BCUT2D eigenvalue weighted by molar-refractivity contribution is 0.242. The first-order valence-electron chi connectivity index (χ1n) is 9.33. The van der Waals surface area contributed by atoms with Crippen LogP contribution in [0.2, 0.25) is 0 Å². The molecule has 4 rings (SSSR count). The lowest BCUT2D eigenvalue weighted by atomic mass is 10.2. The van der Waals surface area contributed by atoms with Gasteiger partial charge in [0.15, 0.2) is 5.82 Å². The molecule has 0 radical (unpaired) electrons. The minimum atomic E-state index is 0.492. The third kappa shape index (κ3) is 4.12. The highest BCUT2D eigenvalue weighted by molar-refractivity contribution is 7.10. The number of aryl methyl sites for hydroxylation is 3. The summed E-state index contributed by atoms with van der Waals surface area (Å²) in [5, 5.41) is 10.3. The van der Waals surface area contributed by atoms with Crippen LogP contribution in [0, 0.1) is 20.8 Å². The Hall–Kier alpha value is -2.03. The Balaban J connectivity index is 1.36. The minimum Gasteiger partial charge on any atom is -0.361 e. The van der Waals surface area contributed by atoms with Crippen molar-refractivity contribution in [2.24, 2.45) is 0 Å². The van der Waals surface area contributed by atoms with E-state index in [1.54, 1.807) is 0 Å². The standard InChI is InChI=1S/C19H25N5O2S/c1-13-5-10-27-16(13)11-23-6-4-7-24(9-8-23)12-17-20-19(26-22-17)18-14(2)21-25-15(18)3/h5,10H,4,6-9,11-12H2,1-3H3. The fourth-order valence-corrected chi connectivity index (χ4v) is 4.47. The molecule has 0 bridgehead atoms. The van der Waals surface area contributed by atoms with Gasteiger partial charge in [-0.15, -0.1) is 11.3 Å². The van der Waals surface area contributed by atoms with E-state index in [-0.39, 0.29) is 0 Å². The summed E-state index contributed by atoms with van der Waals surface area (Å²) in [4.78, 5) is 11.0. The molecular formula is C19H25N5O2S. The van der Waals surface area contributed by atoms with Gasteiger partial charge in [-0.05, 0) is 57.3 Å². The molecule has 1 saturated heterocycles. The fourth-order valence-electron chi connectivity index (χ4n) is 3.52. The van der Waals surface area contributed by atoms with E-state index in [0.717, 1.165) is 50.4 Å². The van der Waals surface area contributed by atoms with Gasteiger partial charge in [-0.25, -0.2) is 0 Å². The topological polar surface area (TPSA) is 71.4 Å². The summed E-state index contributed by atoms with van der Waals surface area (Å²) in [5.41, 5.74) is 2.99. The van der Waals surface area contributed by atoms with Crippen molar-refractivity contribution in [1.82, 2.24) is 25.1 Å². The predicted octanol–water partition coefficient (Wildman–Crippen LogP) is 3.42. The first kappa shape index (κ1) is 18.3. The number of nitrogens with zero attached hydrogens (tertiary/aromatic N) is 5. The lowest BCUT2D eigenvalue weighted by Gasteiger charge is -2.20. The van der Waals surface area contributed by atoms with Gasteiger partial charge in [-0.2, -0.15) is 4.98 Å². The van der Waals surface area contributed by atoms with Gasteiger partial charge in [-0.3, -0.25) is 9.80 Å². The molecule has 7 nitrogen and oxygen atoms in total. The van der Waals surface area contributed by atoms with E-state index in [4.69, 9.17) is 9.05 Å². The summed E-state index contributed by atoms with van der Waals surface area (Å²) in [6, 6.07) is 2.21. The van der Waals surface area contributed by atoms with E-state index in [2.05, 4.69) is 43.5 Å². The van der Waals surface area contributed by atoms with Crippen LogP contribution in [-0.2, 0) is 13.1 Å². The molecule has 0 spiro atoms. The number of hydrogen-bond acceptors (Lipinski definition) is 8. The van der Waals surface area contributed by atoms with Crippen molar-refractivity contribution in [1.29, 1.82) is 0 Å². The van der Waals surface area contributed by atoms with Gasteiger partial charge in [0.1, 0.15) is 11.3 Å². The summed E-state index contributed by atoms with van der Waals surface area (Å²) in [6.45, 7) is 12.0. The summed E-state index contributed by atoms with van der Waals surface area (Å²) in [6.07, 6.45) is 1.15. The van der Waals surface area contributed by atoms with E-state index in [9.17, 15) is 0 Å². The Morgan fingerprint density at radius 2 is 1.78 bits per heavy atom. The average molecular weight is 388 g/mol. The van der Waals surface area contributed by atoms with Crippen LogP contribution in [-0.4, -0.2) is 51.3 Å². The molecule has 0 aliphatic carbocycles. The Bertz CT molecular complexity index is 880. The van der Waals surface area contributed by atoms with Crippen LogP contribution in [0.1, 0.15) is 34.1 Å². The van der Waals surface area contributed by atoms with E-state index in [1.807, 2.05) is 25.2 Å². The van der Waals surface area contributed by atoms with Gasteiger partial charge in [-0.1, -0.05) is 10.3 Å². The van der Waals surface area contributed by atoms with Crippen molar-refractivity contribution in [3.8, 4) is 11.5 Å². The van der Waals surface area contributed by atoms with Gasteiger partial charge in [0.2, 0.25) is 0 Å². The summed E-state index contributed by atoms with van der Waals surface area (Å²) >= 11 is 1.86. The Morgan fingerprint density at radius 3 is 2.44 bits per heavy atom. The molecule has 27 heavy (non-hydrogen) atoms. The zero-order valence-corrected chi connectivity index (χ0v) is 16.9. The second-order valence-electron chi connectivity index (χ2n) is 7.15. The zero-order valence-electron chi connectivity index (χ0n) is 16.1. The molecule has 0 unspecified atom stereocenters. The zero-order chi connectivity index (χ0) is 18.8. The van der Waals surface area contributed by atoms with Gasteiger partial charge < -0.3 is 9.05 Å². The lowest BCUT2D eigenvalue weighted by Crippen LogP contribution is -2.30. The van der Waals surface area contributed by atoms with Crippen LogP contribution in [0.25, 0.3) is 11.5 Å². The van der Waals surface area contributed by atoms with E-state index in [0.29, 0.717) is 24.0 Å². The van der Waals surface area contributed by atoms with Crippen LogP contribution < -0.4 is 0 Å². The van der Waals surface area contributed by atoms with E-state index < -0.39 is 0 Å². The molecule has 3 aromatic rings. The van der Waals surface area contributed by atoms with Crippen molar-refractivity contribution >= 4 is 11.3 Å². The Labute approximate surface area is 162 Å². The smallest absolute Gasteiger partial charge is 0.263 e.